The predicted octanol–water partition coefficient (Wildman–Crippen LogP) is 3.59. The van der Waals surface area contributed by atoms with Crippen LogP contribution < -0.4 is 0 Å². The number of hydrogen-bond acceptors (Lipinski definition) is 4. The van der Waals surface area contributed by atoms with Crippen molar-refractivity contribution >= 4 is 29.6 Å². The third-order valence-electron chi connectivity index (χ3n) is 3.79. The second-order valence-electron chi connectivity index (χ2n) is 5.89. The van der Waals surface area contributed by atoms with Crippen LogP contribution in [0.3, 0.4) is 0 Å². The lowest BCUT2D eigenvalue weighted by atomic mass is 10.1. The molecule has 0 fully saturated rings. The first-order chi connectivity index (χ1) is 12.5. The van der Waals surface area contributed by atoms with Crippen LogP contribution in [-0.4, -0.2) is 35.4 Å². The van der Waals surface area contributed by atoms with E-state index >= 15 is 0 Å². The Labute approximate surface area is 158 Å². The molecule has 0 saturated heterocycles. The summed E-state index contributed by atoms with van der Waals surface area (Å²) in [6.45, 7) is 2.35. The number of methoxy groups -OCH3 is 1. The lowest BCUT2D eigenvalue weighted by Crippen LogP contribution is -2.35. The predicted molar refractivity (Wildman–Crippen MR) is 101 cm³/mol. The van der Waals surface area contributed by atoms with Crippen molar-refractivity contribution in [1.82, 2.24) is 9.88 Å². The highest BCUT2D eigenvalue weighted by atomic mass is 35.5. The summed E-state index contributed by atoms with van der Waals surface area (Å²) in [4.78, 5) is 30.1. The van der Waals surface area contributed by atoms with Gasteiger partial charge in [-0.15, -0.1) is 0 Å². The smallest absolute Gasteiger partial charge is 0.310 e. The van der Waals surface area contributed by atoms with E-state index in [1.54, 1.807) is 42.4 Å². The van der Waals surface area contributed by atoms with E-state index in [1.165, 1.54) is 13.2 Å². The Hall–Kier alpha value is -2.66. The SMILES string of the molecule is COC(=O)C(C)CN(Cc1cccnc1)C(=O)/C=C/c1ccc(Cl)cc1. The quantitative estimate of drug-likeness (QED) is 0.550. The summed E-state index contributed by atoms with van der Waals surface area (Å²) in [7, 11) is 1.34. The first kappa shape index (κ1) is 19.7. The molecule has 5 nitrogen and oxygen atoms in total. The van der Waals surface area contributed by atoms with Crippen LogP contribution in [-0.2, 0) is 20.9 Å². The molecule has 2 aromatic rings. The maximum Gasteiger partial charge on any atom is 0.310 e. The number of hydrogen-bond donors (Lipinski definition) is 0. The fourth-order valence-electron chi connectivity index (χ4n) is 2.40. The molecule has 0 aliphatic carbocycles. The van der Waals surface area contributed by atoms with Crippen LogP contribution in [0, 0.1) is 5.92 Å². The Morgan fingerprint density at radius 1 is 1.27 bits per heavy atom. The molecule has 1 heterocycles. The number of amides is 1. The normalized spacial score (nSPS) is 12.0. The van der Waals surface area contributed by atoms with Gasteiger partial charge in [0.1, 0.15) is 0 Å². The van der Waals surface area contributed by atoms with Crippen molar-refractivity contribution in [2.45, 2.75) is 13.5 Å². The molecule has 0 saturated carbocycles. The second-order valence-corrected chi connectivity index (χ2v) is 6.33. The summed E-state index contributed by atoms with van der Waals surface area (Å²) in [6.07, 6.45) is 6.58. The van der Waals surface area contributed by atoms with Crippen LogP contribution in [0.15, 0.2) is 54.9 Å². The van der Waals surface area contributed by atoms with Crippen molar-refractivity contribution in [2.75, 3.05) is 13.7 Å². The van der Waals surface area contributed by atoms with Crippen LogP contribution in [0.5, 0.6) is 0 Å². The number of halogens is 1. The Balaban J connectivity index is 2.13. The first-order valence-corrected chi connectivity index (χ1v) is 8.56. The van der Waals surface area contributed by atoms with Crippen LogP contribution >= 0.6 is 11.6 Å². The molecule has 1 aromatic heterocycles. The number of aromatic nitrogens is 1. The maximum atomic E-state index is 12.7. The lowest BCUT2D eigenvalue weighted by molar-refractivity contribution is -0.146. The second kappa shape index (κ2) is 9.73. The zero-order valence-electron chi connectivity index (χ0n) is 14.8. The van der Waals surface area contributed by atoms with Gasteiger partial charge >= 0.3 is 5.97 Å². The number of benzene rings is 1. The molecule has 0 bridgehead atoms. The molecule has 1 amide bonds. The van der Waals surface area contributed by atoms with Crippen LogP contribution in [0.25, 0.3) is 6.08 Å². The summed E-state index contributed by atoms with van der Waals surface area (Å²) in [5, 5.41) is 0.638. The van der Waals surface area contributed by atoms with Crippen LogP contribution in [0.2, 0.25) is 5.02 Å². The average molecular weight is 373 g/mol. The van der Waals surface area contributed by atoms with E-state index in [0.717, 1.165) is 11.1 Å². The van der Waals surface area contributed by atoms with Gasteiger partial charge in [0, 0.05) is 36.6 Å². The summed E-state index contributed by atoms with van der Waals surface area (Å²) in [5.41, 5.74) is 1.75. The molecule has 2 rings (SSSR count). The van der Waals surface area contributed by atoms with Gasteiger partial charge in [0.25, 0.3) is 0 Å². The van der Waals surface area contributed by atoms with Gasteiger partial charge in [-0.3, -0.25) is 14.6 Å². The van der Waals surface area contributed by atoms with Crippen molar-refractivity contribution < 1.29 is 14.3 Å². The minimum atomic E-state index is -0.426. The van der Waals surface area contributed by atoms with E-state index < -0.39 is 5.92 Å². The van der Waals surface area contributed by atoms with Gasteiger partial charge in [-0.2, -0.15) is 0 Å². The summed E-state index contributed by atoms with van der Waals surface area (Å²) < 4.78 is 4.76. The molecule has 0 spiro atoms. The van der Waals surface area contributed by atoms with Gasteiger partial charge in [0.2, 0.25) is 5.91 Å². The average Bonchev–Trinajstić information content (AvgIpc) is 2.66. The van der Waals surface area contributed by atoms with Gasteiger partial charge in [-0.25, -0.2) is 0 Å². The highest BCUT2D eigenvalue weighted by Crippen LogP contribution is 2.12. The Morgan fingerprint density at radius 3 is 2.62 bits per heavy atom. The van der Waals surface area contributed by atoms with E-state index in [1.807, 2.05) is 24.3 Å². The number of carbonyl (C=O) groups excluding carboxylic acids is 2. The third kappa shape index (κ3) is 6.01. The molecule has 0 aliphatic heterocycles. The molecule has 0 aliphatic rings. The van der Waals surface area contributed by atoms with Crippen molar-refractivity contribution in [3.05, 3.63) is 71.0 Å². The van der Waals surface area contributed by atoms with E-state index in [4.69, 9.17) is 16.3 Å². The summed E-state index contributed by atoms with van der Waals surface area (Å²) in [6, 6.07) is 10.9. The molecule has 26 heavy (non-hydrogen) atoms. The molecule has 0 N–H and O–H groups in total. The number of pyridine rings is 1. The molecule has 136 valence electrons. The Kier molecular flexibility index (Phi) is 7.36. The van der Waals surface area contributed by atoms with E-state index in [9.17, 15) is 9.59 Å². The van der Waals surface area contributed by atoms with Gasteiger partial charge in [-0.05, 0) is 35.4 Å². The molecule has 0 radical (unpaired) electrons. The van der Waals surface area contributed by atoms with Crippen molar-refractivity contribution in [3.63, 3.8) is 0 Å². The Bertz CT molecular complexity index is 760. The molecular weight excluding hydrogens is 352 g/mol. The summed E-state index contributed by atoms with van der Waals surface area (Å²) >= 11 is 5.87. The monoisotopic (exact) mass is 372 g/mol. The number of nitrogens with zero attached hydrogens (tertiary/aromatic N) is 2. The van der Waals surface area contributed by atoms with E-state index in [2.05, 4.69) is 4.98 Å². The van der Waals surface area contributed by atoms with Gasteiger partial charge in [0.15, 0.2) is 0 Å². The minimum absolute atomic E-state index is 0.195. The standard InChI is InChI=1S/C20H21ClN2O3/c1-15(20(25)26-2)13-23(14-17-4-3-11-22-12-17)19(24)10-7-16-5-8-18(21)9-6-16/h3-12,15H,13-14H2,1-2H3/b10-7+. The number of ether oxygens (including phenoxy) is 1. The first-order valence-electron chi connectivity index (χ1n) is 8.19. The van der Waals surface area contributed by atoms with E-state index in [0.29, 0.717) is 11.6 Å². The zero-order chi connectivity index (χ0) is 18.9. The molecular formula is C20H21ClN2O3. The minimum Gasteiger partial charge on any atom is -0.469 e. The molecule has 6 heteroatoms. The zero-order valence-corrected chi connectivity index (χ0v) is 15.5. The molecule has 1 atom stereocenters. The van der Waals surface area contributed by atoms with Crippen molar-refractivity contribution in [1.29, 1.82) is 0 Å². The topological polar surface area (TPSA) is 59.5 Å². The fraction of sp³-hybridized carbons (Fsp3) is 0.250. The van der Waals surface area contributed by atoms with E-state index in [-0.39, 0.29) is 18.4 Å². The number of carbonyl (C=O) groups is 2. The van der Waals surface area contributed by atoms with Gasteiger partial charge in [0.05, 0.1) is 13.0 Å². The van der Waals surface area contributed by atoms with Gasteiger partial charge < -0.3 is 9.64 Å². The summed E-state index contributed by atoms with van der Waals surface area (Å²) in [5.74, 6) is -0.972. The number of rotatable bonds is 7. The van der Waals surface area contributed by atoms with Crippen LogP contribution in [0.1, 0.15) is 18.1 Å². The van der Waals surface area contributed by atoms with Crippen molar-refractivity contribution in [3.8, 4) is 0 Å². The van der Waals surface area contributed by atoms with Gasteiger partial charge in [-0.1, -0.05) is 36.7 Å². The van der Waals surface area contributed by atoms with Crippen LogP contribution in [0.4, 0.5) is 0 Å². The maximum absolute atomic E-state index is 12.7. The van der Waals surface area contributed by atoms with Crippen molar-refractivity contribution in [2.24, 2.45) is 5.92 Å². The number of esters is 1. The third-order valence-corrected chi connectivity index (χ3v) is 4.05. The largest absolute Gasteiger partial charge is 0.469 e. The molecule has 1 unspecified atom stereocenters. The molecule has 1 aromatic carbocycles. The fourth-order valence-corrected chi connectivity index (χ4v) is 2.52. The highest BCUT2D eigenvalue weighted by molar-refractivity contribution is 6.30. The highest BCUT2D eigenvalue weighted by Gasteiger charge is 2.20. The lowest BCUT2D eigenvalue weighted by Gasteiger charge is -2.24. The Morgan fingerprint density at radius 2 is 2.00 bits per heavy atom.